The molecule has 9 heteroatoms. The highest BCUT2D eigenvalue weighted by Gasteiger charge is 2.47. The first-order chi connectivity index (χ1) is 13.2. The van der Waals surface area contributed by atoms with Crippen LogP contribution in [0.25, 0.3) is 0 Å². The number of sulfonamides is 1. The standard InChI is InChI=1S/C19H25FN2O5S/c1-3-26-18(23)19(8-10-22(11-9-19)28(2,24)25)13-16-12-17(21-27-16)14-4-6-15(20)7-5-14/h4-7,16H,3,8-13H2,1-2H3. The summed E-state index contributed by atoms with van der Waals surface area (Å²) in [7, 11) is -3.29. The van der Waals surface area contributed by atoms with Gasteiger partial charge in [-0.1, -0.05) is 17.3 Å². The molecule has 0 saturated carbocycles. The lowest BCUT2D eigenvalue weighted by Gasteiger charge is -2.39. The minimum atomic E-state index is -3.29. The Hall–Kier alpha value is -2.00. The fraction of sp³-hybridized carbons (Fsp3) is 0.579. The summed E-state index contributed by atoms with van der Waals surface area (Å²) in [6, 6.07) is 6.02. The maximum Gasteiger partial charge on any atom is 0.312 e. The fourth-order valence-electron chi connectivity index (χ4n) is 3.81. The molecule has 1 unspecified atom stereocenters. The van der Waals surface area contributed by atoms with Crippen LogP contribution in [-0.4, -0.2) is 56.5 Å². The summed E-state index contributed by atoms with van der Waals surface area (Å²) < 4.78 is 43.4. The smallest absolute Gasteiger partial charge is 0.312 e. The summed E-state index contributed by atoms with van der Waals surface area (Å²) >= 11 is 0. The van der Waals surface area contributed by atoms with Crippen molar-refractivity contribution in [3.05, 3.63) is 35.6 Å². The first-order valence-corrected chi connectivity index (χ1v) is 11.2. The van der Waals surface area contributed by atoms with E-state index in [0.29, 0.717) is 31.4 Å². The number of hydrogen-bond acceptors (Lipinski definition) is 6. The molecular formula is C19H25FN2O5S. The van der Waals surface area contributed by atoms with Crippen molar-refractivity contribution in [2.75, 3.05) is 26.0 Å². The number of piperidine rings is 1. The van der Waals surface area contributed by atoms with Gasteiger partial charge in [-0.25, -0.2) is 17.1 Å². The molecule has 0 amide bonds. The zero-order valence-corrected chi connectivity index (χ0v) is 16.9. The SMILES string of the molecule is CCOC(=O)C1(CC2CC(c3ccc(F)cc3)=NO2)CCN(S(C)(=O)=O)CC1. The lowest BCUT2D eigenvalue weighted by atomic mass is 9.74. The molecule has 1 aromatic rings. The van der Waals surface area contributed by atoms with Gasteiger partial charge in [0.25, 0.3) is 0 Å². The lowest BCUT2D eigenvalue weighted by molar-refractivity contribution is -0.160. The number of benzene rings is 1. The van der Waals surface area contributed by atoms with E-state index in [1.54, 1.807) is 19.1 Å². The largest absolute Gasteiger partial charge is 0.466 e. The van der Waals surface area contributed by atoms with Crippen molar-refractivity contribution in [1.82, 2.24) is 4.31 Å². The summed E-state index contributed by atoms with van der Waals surface area (Å²) in [5.74, 6) is -0.638. The molecule has 7 nitrogen and oxygen atoms in total. The zero-order valence-electron chi connectivity index (χ0n) is 16.1. The highest BCUT2D eigenvalue weighted by Crippen LogP contribution is 2.40. The van der Waals surface area contributed by atoms with E-state index in [0.717, 1.165) is 5.56 Å². The van der Waals surface area contributed by atoms with Crippen LogP contribution in [0.4, 0.5) is 4.39 Å². The molecule has 0 aliphatic carbocycles. The van der Waals surface area contributed by atoms with Crippen molar-refractivity contribution in [3.8, 4) is 0 Å². The predicted molar refractivity (Wildman–Crippen MR) is 102 cm³/mol. The van der Waals surface area contributed by atoms with E-state index in [1.807, 2.05) is 0 Å². The number of halogens is 1. The Kier molecular flexibility index (Phi) is 6.04. The van der Waals surface area contributed by atoms with Crippen molar-refractivity contribution in [1.29, 1.82) is 0 Å². The molecule has 0 bridgehead atoms. The van der Waals surface area contributed by atoms with E-state index < -0.39 is 15.4 Å². The van der Waals surface area contributed by atoms with Gasteiger partial charge in [-0.3, -0.25) is 4.79 Å². The molecular weight excluding hydrogens is 387 g/mol. The molecule has 1 aromatic carbocycles. The van der Waals surface area contributed by atoms with Crippen molar-refractivity contribution in [3.63, 3.8) is 0 Å². The number of hydrogen-bond donors (Lipinski definition) is 0. The minimum absolute atomic E-state index is 0.263. The number of nitrogens with zero attached hydrogens (tertiary/aromatic N) is 2. The Morgan fingerprint density at radius 3 is 2.54 bits per heavy atom. The van der Waals surface area contributed by atoms with Crippen LogP contribution in [0.3, 0.4) is 0 Å². The van der Waals surface area contributed by atoms with Gasteiger partial charge in [0.05, 0.1) is 24.0 Å². The number of rotatable bonds is 6. The second kappa shape index (κ2) is 8.16. The van der Waals surface area contributed by atoms with Crippen molar-refractivity contribution in [2.24, 2.45) is 10.6 Å². The molecule has 154 valence electrons. The average molecular weight is 412 g/mol. The van der Waals surface area contributed by atoms with Crippen LogP contribution in [-0.2, 0) is 24.4 Å². The highest BCUT2D eigenvalue weighted by molar-refractivity contribution is 7.88. The van der Waals surface area contributed by atoms with E-state index in [2.05, 4.69) is 5.16 Å². The van der Waals surface area contributed by atoms with Gasteiger partial charge in [0.15, 0.2) is 0 Å². The van der Waals surface area contributed by atoms with Crippen molar-refractivity contribution >= 4 is 21.7 Å². The zero-order chi connectivity index (χ0) is 20.4. The molecule has 0 spiro atoms. The molecule has 1 fully saturated rings. The molecule has 0 N–H and O–H groups in total. The Morgan fingerprint density at radius 1 is 1.32 bits per heavy atom. The third-order valence-corrected chi connectivity index (χ3v) is 6.69. The molecule has 1 saturated heterocycles. The lowest BCUT2D eigenvalue weighted by Crippen LogP contribution is -2.48. The number of oxime groups is 1. The van der Waals surface area contributed by atoms with Gasteiger partial charge in [-0.15, -0.1) is 0 Å². The van der Waals surface area contributed by atoms with Crippen LogP contribution >= 0.6 is 0 Å². The van der Waals surface area contributed by atoms with Gasteiger partial charge in [0.2, 0.25) is 10.0 Å². The fourth-order valence-corrected chi connectivity index (χ4v) is 4.65. The quantitative estimate of drug-likeness (QED) is 0.670. The van der Waals surface area contributed by atoms with Gasteiger partial charge in [-0.05, 0) is 37.5 Å². The maximum absolute atomic E-state index is 13.1. The average Bonchev–Trinajstić information content (AvgIpc) is 3.10. The third-order valence-electron chi connectivity index (χ3n) is 5.39. The van der Waals surface area contributed by atoms with Crippen molar-refractivity contribution in [2.45, 2.75) is 38.7 Å². The van der Waals surface area contributed by atoms with Crippen LogP contribution in [0.1, 0.15) is 38.2 Å². The van der Waals surface area contributed by atoms with Crippen LogP contribution in [0, 0.1) is 11.2 Å². The summed E-state index contributed by atoms with van der Waals surface area (Å²) in [4.78, 5) is 18.3. The van der Waals surface area contributed by atoms with Crippen molar-refractivity contribution < 1.29 is 27.2 Å². The molecule has 2 aliphatic rings. The molecule has 0 aromatic heterocycles. The van der Waals surface area contributed by atoms with E-state index in [9.17, 15) is 17.6 Å². The van der Waals surface area contributed by atoms with Gasteiger partial charge in [-0.2, -0.15) is 0 Å². The minimum Gasteiger partial charge on any atom is -0.466 e. The van der Waals surface area contributed by atoms with Crippen LogP contribution < -0.4 is 0 Å². The molecule has 0 radical (unpaired) electrons. The molecule has 2 aliphatic heterocycles. The molecule has 2 heterocycles. The maximum atomic E-state index is 13.1. The molecule has 3 rings (SSSR count). The summed E-state index contributed by atoms with van der Waals surface area (Å²) in [6.07, 6.45) is 2.53. The van der Waals surface area contributed by atoms with Gasteiger partial charge in [0, 0.05) is 25.9 Å². The van der Waals surface area contributed by atoms with E-state index in [4.69, 9.17) is 9.57 Å². The van der Waals surface area contributed by atoms with E-state index in [1.165, 1.54) is 22.7 Å². The van der Waals surface area contributed by atoms with Crippen LogP contribution in [0.5, 0.6) is 0 Å². The van der Waals surface area contributed by atoms with Crippen LogP contribution in [0.2, 0.25) is 0 Å². The first kappa shape index (κ1) is 20.7. The Labute approximate surface area is 164 Å². The summed E-state index contributed by atoms with van der Waals surface area (Å²) in [5.41, 5.74) is 0.689. The monoisotopic (exact) mass is 412 g/mol. The normalized spacial score (nSPS) is 22.4. The highest BCUT2D eigenvalue weighted by atomic mass is 32.2. The Morgan fingerprint density at radius 2 is 1.96 bits per heavy atom. The Balaban J connectivity index is 1.70. The predicted octanol–water partition coefficient (Wildman–Crippen LogP) is 2.31. The topological polar surface area (TPSA) is 85.3 Å². The summed E-state index contributed by atoms with van der Waals surface area (Å²) in [6.45, 7) is 2.56. The number of carbonyl (C=O) groups excluding carboxylic acids is 1. The van der Waals surface area contributed by atoms with E-state index >= 15 is 0 Å². The first-order valence-electron chi connectivity index (χ1n) is 9.34. The summed E-state index contributed by atoms with van der Waals surface area (Å²) in [5, 5.41) is 4.11. The second-order valence-corrected chi connectivity index (χ2v) is 9.33. The van der Waals surface area contributed by atoms with Crippen LogP contribution in [0.15, 0.2) is 29.4 Å². The van der Waals surface area contributed by atoms with Gasteiger partial charge in [0.1, 0.15) is 11.9 Å². The van der Waals surface area contributed by atoms with E-state index in [-0.39, 0.29) is 37.6 Å². The third kappa shape index (κ3) is 4.52. The number of esters is 1. The molecule has 28 heavy (non-hydrogen) atoms. The van der Waals surface area contributed by atoms with Gasteiger partial charge >= 0.3 is 5.97 Å². The van der Waals surface area contributed by atoms with Gasteiger partial charge < -0.3 is 9.57 Å². The molecule has 1 atom stereocenters. The second-order valence-electron chi connectivity index (χ2n) is 7.34. The number of ether oxygens (including phenoxy) is 1. The Bertz CT molecular complexity index is 846. The number of carbonyl (C=O) groups is 1.